The molecule has 1 fully saturated rings. The SMILES string of the molecule is CC#CN(C/C=C(\C)CC/C=C(\C)CCC=C(C)C)P1(=O)OCC(C)(C)CO1. The molecule has 158 valence electrons. The Labute approximate surface area is 172 Å². The summed E-state index contributed by atoms with van der Waals surface area (Å²) < 4.78 is 25.7. The van der Waals surface area contributed by atoms with Crippen LogP contribution in [0.4, 0.5) is 0 Å². The van der Waals surface area contributed by atoms with Gasteiger partial charge < -0.3 is 0 Å². The highest BCUT2D eigenvalue weighted by molar-refractivity contribution is 7.51. The molecule has 1 rings (SSSR count). The Morgan fingerprint density at radius 3 is 2.07 bits per heavy atom. The second-order valence-corrected chi connectivity index (χ2v) is 10.5. The van der Waals surface area contributed by atoms with Crippen molar-refractivity contribution in [1.82, 2.24) is 4.67 Å². The molecular formula is C23H38NO3P. The Hall–Kier alpha value is -1.27. The maximum atomic E-state index is 13.0. The summed E-state index contributed by atoms with van der Waals surface area (Å²) in [6, 6.07) is 2.89. The van der Waals surface area contributed by atoms with Crippen molar-refractivity contribution in [2.75, 3.05) is 19.8 Å². The molecule has 1 aliphatic heterocycles. The van der Waals surface area contributed by atoms with Gasteiger partial charge in [0.05, 0.1) is 19.8 Å². The van der Waals surface area contributed by atoms with Crippen LogP contribution in [0, 0.1) is 17.4 Å². The first-order valence-corrected chi connectivity index (χ1v) is 11.6. The molecule has 0 aromatic rings. The van der Waals surface area contributed by atoms with Crippen LogP contribution in [-0.4, -0.2) is 24.4 Å². The summed E-state index contributed by atoms with van der Waals surface area (Å²) in [4.78, 5) is 0. The van der Waals surface area contributed by atoms with Crippen LogP contribution in [0.1, 0.15) is 74.1 Å². The largest absolute Gasteiger partial charge is 0.442 e. The molecule has 0 N–H and O–H groups in total. The molecule has 0 saturated carbocycles. The summed E-state index contributed by atoms with van der Waals surface area (Å²) in [7, 11) is -3.34. The quantitative estimate of drug-likeness (QED) is 0.181. The van der Waals surface area contributed by atoms with Gasteiger partial charge in [0, 0.05) is 11.5 Å². The predicted molar refractivity (Wildman–Crippen MR) is 119 cm³/mol. The lowest BCUT2D eigenvalue weighted by Gasteiger charge is -2.36. The molecule has 1 saturated heterocycles. The topological polar surface area (TPSA) is 38.8 Å². The number of hydrogen-bond acceptors (Lipinski definition) is 3. The van der Waals surface area contributed by atoms with E-state index < -0.39 is 7.75 Å². The molecule has 0 bridgehead atoms. The van der Waals surface area contributed by atoms with Crippen molar-refractivity contribution in [3.05, 3.63) is 34.9 Å². The van der Waals surface area contributed by atoms with Crippen LogP contribution in [0.5, 0.6) is 0 Å². The normalized spacial score (nSPS) is 18.8. The third-order valence-corrected chi connectivity index (χ3v) is 6.27. The van der Waals surface area contributed by atoms with Gasteiger partial charge >= 0.3 is 7.75 Å². The molecular weight excluding hydrogens is 369 g/mol. The molecule has 4 nitrogen and oxygen atoms in total. The molecule has 5 heteroatoms. The monoisotopic (exact) mass is 407 g/mol. The van der Waals surface area contributed by atoms with Crippen LogP contribution >= 0.6 is 7.75 Å². The summed E-state index contributed by atoms with van der Waals surface area (Å²) >= 11 is 0. The van der Waals surface area contributed by atoms with Gasteiger partial charge in [-0.05, 0) is 60.3 Å². The van der Waals surface area contributed by atoms with Crippen LogP contribution in [0.25, 0.3) is 0 Å². The molecule has 0 aromatic carbocycles. The van der Waals surface area contributed by atoms with Crippen LogP contribution in [0.3, 0.4) is 0 Å². The fourth-order valence-electron chi connectivity index (χ4n) is 2.65. The Kier molecular flexibility index (Phi) is 10.3. The van der Waals surface area contributed by atoms with E-state index in [-0.39, 0.29) is 5.41 Å². The van der Waals surface area contributed by atoms with Gasteiger partial charge in [0.1, 0.15) is 0 Å². The van der Waals surface area contributed by atoms with Gasteiger partial charge in [-0.15, -0.1) is 0 Å². The molecule has 0 spiro atoms. The first-order valence-electron chi connectivity index (χ1n) is 10.1. The second kappa shape index (κ2) is 11.7. The van der Waals surface area contributed by atoms with E-state index in [4.69, 9.17) is 9.05 Å². The highest BCUT2D eigenvalue weighted by atomic mass is 31.2. The molecule has 0 atom stereocenters. The van der Waals surface area contributed by atoms with Crippen LogP contribution in [-0.2, 0) is 13.6 Å². The molecule has 1 heterocycles. The molecule has 28 heavy (non-hydrogen) atoms. The maximum absolute atomic E-state index is 13.0. The van der Waals surface area contributed by atoms with Gasteiger partial charge in [-0.3, -0.25) is 9.05 Å². The Bertz CT molecular complexity index is 689. The lowest BCUT2D eigenvalue weighted by Crippen LogP contribution is -2.33. The smallest absolute Gasteiger partial charge is 0.291 e. The highest BCUT2D eigenvalue weighted by Crippen LogP contribution is 2.56. The fourth-order valence-corrected chi connectivity index (χ4v) is 4.53. The second-order valence-electron chi connectivity index (χ2n) is 8.58. The predicted octanol–water partition coefficient (Wildman–Crippen LogP) is 6.87. The molecule has 0 unspecified atom stereocenters. The van der Waals surface area contributed by atoms with E-state index in [1.807, 2.05) is 13.8 Å². The molecule has 0 aromatic heterocycles. The minimum absolute atomic E-state index is 0.124. The van der Waals surface area contributed by atoms with Crippen LogP contribution in [0.2, 0.25) is 0 Å². The minimum Gasteiger partial charge on any atom is -0.291 e. The van der Waals surface area contributed by atoms with Gasteiger partial charge in [-0.25, -0.2) is 9.24 Å². The summed E-state index contributed by atoms with van der Waals surface area (Å²) in [6.45, 7) is 15.6. The summed E-state index contributed by atoms with van der Waals surface area (Å²) in [6.07, 6.45) is 10.9. The average Bonchev–Trinajstić information content (AvgIpc) is 2.61. The third-order valence-electron chi connectivity index (χ3n) is 4.51. The van der Waals surface area contributed by atoms with E-state index in [1.165, 1.54) is 21.4 Å². The van der Waals surface area contributed by atoms with Crippen molar-refractivity contribution in [1.29, 1.82) is 0 Å². The lowest BCUT2D eigenvalue weighted by molar-refractivity contribution is 0.0278. The summed E-state index contributed by atoms with van der Waals surface area (Å²) in [5.41, 5.74) is 3.93. The van der Waals surface area contributed by atoms with Crippen LogP contribution in [0.15, 0.2) is 34.9 Å². The minimum atomic E-state index is -3.34. The summed E-state index contributed by atoms with van der Waals surface area (Å²) in [5.74, 6) is 2.82. The lowest BCUT2D eigenvalue weighted by atomic mass is 9.97. The van der Waals surface area contributed by atoms with E-state index >= 15 is 0 Å². The van der Waals surface area contributed by atoms with E-state index in [9.17, 15) is 4.57 Å². The molecule has 0 aliphatic carbocycles. The van der Waals surface area contributed by atoms with Gasteiger partial charge in [-0.1, -0.05) is 54.7 Å². The Balaban J connectivity index is 2.57. The van der Waals surface area contributed by atoms with Crippen molar-refractivity contribution in [2.45, 2.75) is 74.1 Å². The molecule has 1 aliphatic rings. The van der Waals surface area contributed by atoms with E-state index in [0.29, 0.717) is 19.8 Å². The Morgan fingerprint density at radius 2 is 1.54 bits per heavy atom. The number of nitrogens with zero attached hydrogens (tertiary/aromatic N) is 1. The third kappa shape index (κ3) is 9.28. The molecule has 0 radical (unpaired) electrons. The van der Waals surface area contributed by atoms with Crippen LogP contribution < -0.4 is 0 Å². The van der Waals surface area contributed by atoms with E-state index in [0.717, 1.165) is 25.7 Å². The summed E-state index contributed by atoms with van der Waals surface area (Å²) in [5, 5.41) is 0. The number of rotatable bonds is 9. The van der Waals surface area contributed by atoms with E-state index in [2.05, 4.69) is 57.9 Å². The standard InChI is InChI=1S/C23H38NO3P/c1-8-16-24(28(25)26-18-23(6,7)19-27-28)17-15-22(5)14-10-13-21(4)12-9-11-20(2)3/h11,13,15H,9-10,12,14,17-19H2,1-7H3/b21-13+,22-15+. The van der Waals surface area contributed by atoms with Crippen molar-refractivity contribution >= 4 is 7.75 Å². The van der Waals surface area contributed by atoms with E-state index in [1.54, 1.807) is 6.92 Å². The van der Waals surface area contributed by atoms with Gasteiger partial charge in [0.25, 0.3) is 0 Å². The zero-order chi connectivity index (χ0) is 21.2. The zero-order valence-electron chi connectivity index (χ0n) is 18.8. The first-order chi connectivity index (χ1) is 13.1. The molecule has 0 amide bonds. The fraction of sp³-hybridized carbons (Fsp3) is 0.652. The number of allylic oxidation sites excluding steroid dienone is 5. The number of hydrogen-bond donors (Lipinski definition) is 0. The maximum Gasteiger partial charge on any atom is 0.442 e. The Morgan fingerprint density at radius 1 is 1.00 bits per heavy atom. The van der Waals surface area contributed by atoms with Gasteiger partial charge in [0.15, 0.2) is 0 Å². The van der Waals surface area contributed by atoms with Gasteiger partial charge in [0.2, 0.25) is 0 Å². The highest BCUT2D eigenvalue weighted by Gasteiger charge is 2.40. The average molecular weight is 408 g/mol. The zero-order valence-corrected chi connectivity index (χ0v) is 19.7. The van der Waals surface area contributed by atoms with Gasteiger partial charge in [-0.2, -0.15) is 0 Å². The van der Waals surface area contributed by atoms with Crippen molar-refractivity contribution < 1.29 is 13.6 Å². The first kappa shape index (κ1) is 24.8. The van der Waals surface area contributed by atoms with Crippen molar-refractivity contribution in [3.63, 3.8) is 0 Å². The van der Waals surface area contributed by atoms with Crippen molar-refractivity contribution in [3.8, 4) is 12.0 Å². The van der Waals surface area contributed by atoms with Crippen molar-refractivity contribution in [2.24, 2.45) is 5.41 Å².